The van der Waals surface area contributed by atoms with Gasteiger partial charge in [0.25, 0.3) is 0 Å². The normalized spacial score (nSPS) is 12.3. The number of unbranched alkanes of at least 4 members (excludes halogenated alkanes) is 47. The van der Waals surface area contributed by atoms with E-state index in [4.69, 9.17) is 9.47 Å². The van der Waals surface area contributed by atoms with Gasteiger partial charge in [-0.2, -0.15) is 0 Å². The molecular formula is C67H126O5. The Balaban J connectivity index is 3.36. The van der Waals surface area contributed by atoms with Crippen LogP contribution >= 0.6 is 0 Å². The number of esters is 2. The molecule has 0 bridgehead atoms. The van der Waals surface area contributed by atoms with E-state index in [9.17, 15) is 14.7 Å². The lowest BCUT2D eigenvalue weighted by molar-refractivity contribution is -0.161. The van der Waals surface area contributed by atoms with Gasteiger partial charge in [-0.1, -0.05) is 314 Å². The first-order chi connectivity index (χ1) is 35.6. The predicted molar refractivity (Wildman–Crippen MR) is 316 cm³/mol. The van der Waals surface area contributed by atoms with Gasteiger partial charge in [0, 0.05) is 12.8 Å². The van der Waals surface area contributed by atoms with Gasteiger partial charge in [0.05, 0.1) is 6.61 Å². The molecule has 0 aliphatic rings. The van der Waals surface area contributed by atoms with E-state index in [1.165, 1.54) is 295 Å². The number of ether oxygens (including phenoxy) is 2. The van der Waals surface area contributed by atoms with Crippen LogP contribution in [0.5, 0.6) is 0 Å². The third kappa shape index (κ3) is 60.7. The molecule has 1 atom stereocenters. The molecule has 0 spiro atoms. The van der Waals surface area contributed by atoms with Crippen molar-refractivity contribution in [1.29, 1.82) is 0 Å². The molecule has 0 heterocycles. The van der Waals surface area contributed by atoms with E-state index in [0.29, 0.717) is 12.8 Å². The second-order valence-electron chi connectivity index (χ2n) is 22.2. The summed E-state index contributed by atoms with van der Waals surface area (Å²) < 4.78 is 10.7. The van der Waals surface area contributed by atoms with Crippen LogP contribution in [0.25, 0.3) is 0 Å². The van der Waals surface area contributed by atoms with Crippen LogP contribution in [0.2, 0.25) is 0 Å². The van der Waals surface area contributed by atoms with Crippen LogP contribution in [0.1, 0.15) is 361 Å². The highest BCUT2D eigenvalue weighted by molar-refractivity contribution is 5.70. The van der Waals surface area contributed by atoms with Crippen LogP contribution in [0.3, 0.4) is 0 Å². The molecule has 72 heavy (non-hydrogen) atoms. The van der Waals surface area contributed by atoms with Crippen molar-refractivity contribution in [3.05, 3.63) is 36.5 Å². The zero-order valence-corrected chi connectivity index (χ0v) is 48.7. The quantitative estimate of drug-likeness (QED) is 0.0373. The summed E-state index contributed by atoms with van der Waals surface area (Å²) in [5, 5.41) is 9.66. The van der Waals surface area contributed by atoms with Crippen molar-refractivity contribution in [1.82, 2.24) is 0 Å². The molecule has 424 valence electrons. The summed E-state index contributed by atoms with van der Waals surface area (Å²) in [6.45, 7) is 4.16. The Labute approximate surface area is 450 Å². The Morgan fingerprint density at radius 2 is 0.556 bits per heavy atom. The van der Waals surface area contributed by atoms with Crippen LogP contribution in [0, 0.1) is 0 Å². The Kier molecular flexibility index (Phi) is 61.8. The second-order valence-corrected chi connectivity index (χ2v) is 22.2. The van der Waals surface area contributed by atoms with E-state index in [-0.39, 0.29) is 25.2 Å². The molecule has 0 aliphatic heterocycles. The fourth-order valence-corrected chi connectivity index (χ4v) is 10.00. The fourth-order valence-electron chi connectivity index (χ4n) is 10.00. The third-order valence-electron chi connectivity index (χ3n) is 14.9. The molecule has 5 heteroatoms. The molecule has 0 saturated carbocycles. The van der Waals surface area contributed by atoms with Gasteiger partial charge in [-0.3, -0.25) is 9.59 Å². The molecular weight excluding hydrogens is 885 g/mol. The second kappa shape index (κ2) is 63.4. The molecule has 1 N–H and O–H groups in total. The van der Waals surface area contributed by atoms with Gasteiger partial charge < -0.3 is 14.6 Å². The highest BCUT2D eigenvalue weighted by atomic mass is 16.6. The van der Waals surface area contributed by atoms with E-state index >= 15 is 0 Å². The first-order valence-corrected chi connectivity index (χ1v) is 32.5. The van der Waals surface area contributed by atoms with Crippen LogP contribution in [0.15, 0.2) is 36.5 Å². The minimum Gasteiger partial charge on any atom is -0.462 e. The summed E-state index contributed by atoms with van der Waals surface area (Å²) in [7, 11) is 0. The summed E-state index contributed by atoms with van der Waals surface area (Å²) in [4.78, 5) is 24.5. The molecule has 5 nitrogen and oxygen atoms in total. The SMILES string of the molecule is CCCCC/C=C\C/C=C\CCCCCCCCCCCC(=O)OC(CO)COC(=O)CCCCCCCCCCCCCCCCCCCCCCCCCCCCC/C=C\CCCCCCCCCC. The minimum absolute atomic E-state index is 0.0628. The van der Waals surface area contributed by atoms with Crippen LogP contribution in [0.4, 0.5) is 0 Å². The number of carbonyl (C=O) groups is 2. The number of aliphatic hydroxyl groups is 1. The monoisotopic (exact) mass is 1010 g/mol. The number of allylic oxidation sites excluding steroid dienone is 6. The molecule has 0 aromatic rings. The van der Waals surface area contributed by atoms with Crippen molar-refractivity contribution >= 4 is 11.9 Å². The zero-order valence-electron chi connectivity index (χ0n) is 48.7. The van der Waals surface area contributed by atoms with Gasteiger partial charge in [0.15, 0.2) is 6.10 Å². The summed E-state index contributed by atoms with van der Waals surface area (Å²) >= 11 is 0. The lowest BCUT2D eigenvalue weighted by atomic mass is 10.0. The molecule has 1 unspecified atom stereocenters. The molecule has 0 amide bonds. The maximum Gasteiger partial charge on any atom is 0.306 e. The molecule has 0 aromatic heterocycles. The van der Waals surface area contributed by atoms with Crippen molar-refractivity contribution in [3.63, 3.8) is 0 Å². The smallest absolute Gasteiger partial charge is 0.306 e. The molecule has 0 rings (SSSR count). The van der Waals surface area contributed by atoms with E-state index in [1.807, 2.05) is 0 Å². The standard InChI is InChI=1S/C67H126O5/c1-3-5-7-9-11-13-15-17-19-21-23-24-25-26-27-28-29-30-31-32-33-34-35-36-37-38-39-40-41-42-44-45-47-49-51-53-55-57-59-61-66(69)71-64-65(63-68)72-67(70)62-60-58-56-54-52-50-48-46-43-22-20-18-16-14-12-10-8-6-4-2/h12,14,18,20-21,23,65,68H,3-11,13,15-17,19,22,24-64H2,1-2H3/b14-12-,20-18-,23-21-. The van der Waals surface area contributed by atoms with Crippen molar-refractivity contribution in [2.45, 2.75) is 367 Å². The Bertz CT molecular complexity index is 1140. The van der Waals surface area contributed by atoms with Crippen LogP contribution < -0.4 is 0 Å². The largest absolute Gasteiger partial charge is 0.462 e. The summed E-state index contributed by atoms with van der Waals surface area (Å²) in [5.41, 5.74) is 0. The van der Waals surface area contributed by atoms with E-state index in [2.05, 4.69) is 50.3 Å². The molecule has 0 aromatic carbocycles. The lowest BCUT2D eigenvalue weighted by Gasteiger charge is -2.15. The average Bonchev–Trinajstić information content (AvgIpc) is 3.38. The van der Waals surface area contributed by atoms with E-state index in [1.54, 1.807) is 0 Å². The van der Waals surface area contributed by atoms with Crippen LogP contribution in [-0.2, 0) is 19.1 Å². The molecule has 0 radical (unpaired) electrons. The van der Waals surface area contributed by atoms with Crippen molar-refractivity contribution in [3.8, 4) is 0 Å². The van der Waals surface area contributed by atoms with E-state index < -0.39 is 6.10 Å². The highest BCUT2D eigenvalue weighted by Crippen LogP contribution is 2.18. The summed E-state index contributed by atoms with van der Waals surface area (Å²) in [6, 6.07) is 0. The molecule has 0 aliphatic carbocycles. The number of aliphatic hydroxyl groups excluding tert-OH is 1. The Morgan fingerprint density at radius 3 is 0.861 bits per heavy atom. The minimum atomic E-state index is -0.772. The molecule has 0 saturated heterocycles. The summed E-state index contributed by atoms with van der Waals surface area (Å²) in [5.74, 6) is -0.577. The maximum absolute atomic E-state index is 12.3. The fraction of sp³-hybridized carbons (Fsp3) is 0.881. The third-order valence-corrected chi connectivity index (χ3v) is 14.9. The summed E-state index contributed by atoms with van der Waals surface area (Å²) in [6.07, 6.45) is 83.2. The number of hydrogen-bond donors (Lipinski definition) is 1. The number of hydrogen-bond acceptors (Lipinski definition) is 5. The van der Waals surface area contributed by atoms with Crippen molar-refractivity contribution < 1.29 is 24.2 Å². The van der Waals surface area contributed by atoms with Crippen molar-refractivity contribution in [2.24, 2.45) is 0 Å². The van der Waals surface area contributed by atoms with E-state index in [0.717, 1.165) is 38.5 Å². The van der Waals surface area contributed by atoms with Gasteiger partial charge in [0.2, 0.25) is 0 Å². The maximum atomic E-state index is 12.3. The first-order valence-electron chi connectivity index (χ1n) is 32.5. The lowest BCUT2D eigenvalue weighted by Crippen LogP contribution is -2.28. The van der Waals surface area contributed by atoms with Crippen molar-refractivity contribution in [2.75, 3.05) is 13.2 Å². The topological polar surface area (TPSA) is 72.8 Å². The van der Waals surface area contributed by atoms with Crippen LogP contribution in [-0.4, -0.2) is 36.4 Å². The molecule has 0 fully saturated rings. The van der Waals surface area contributed by atoms with Gasteiger partial charge in [-0.25, -0.2) is 0 Å². The Morgan fingerprint density at radius 1 is 0.319 bits per heavy atom. The number of carbonyl (C=O) groups excluding carboxylic acids is 2. The number of rotatable bonds is 61. The van der Waals surface area contributed by atoms with Gasteiger partial charge in [0.1, 0.15) is 6.61 Å². The average molecular weight is 1010 g/mol. The van der Waals surface area contributed by atoms with Gasteiger partial charge in [-0.05, 0) is 70.6 Å². The predicted octanol–water partition coefficient (Wildman–Crippen LogP) is 22.2. The van der Waals surface area contributed by atoms with Gasteiger partial charge in [-0.15, -0.1) is 0 Å². The Hall–Kier alpha value is -1.88. The first kappa shape index (κ1) is 70.1. The van der Waals surface area contributed by atoms with Gasteiger partial charge >= 0.3 is 11.9 Å². The zero-order chi connectivity index (χ0) is 52.0. The highest BCUT2D eigenvalue weighted by Gasteiger charge is 2.16.